The molecule has 2 aliphatic rings. The Bertz CT molecular complexity index is 1010. The van der Waals surface area contributed by atoms with Gasteiger partial charge in [-0.1, -0.05) is 12.1 Å². The normalized spacial score (nSPS) is 21.8. The highest BCUT2D eigenvalue weighted by atomic mass is 16.2. The highest BCUT2D eigenvalue weighted by Gasteiger charge is 2.42. The molecule has 3 aromatic rings. The van der Waals surface area contributed by atoms with E-state index in [0.717, 1.165) is 51.1 Å². The fourth-order valence-corrected chi connectivity index (χ4v) is 4.87. The van der Waals surface area contributed by atoms with Crippen LogP contribution in [0.15, 0.2) is 48.9 Å². The molecule has 2 atom stereocenters. The maximum Gasteiger partial charge on any atom is 0.226 e. The summed E-state index contributed by atoms with van der Waals surface area (Å²) in [5, 5.41) is 4.31. The number of aryl methyl sites for hydroxylation is 2. The van der Waals surface area contributed by atoms with Crippen molar-refractivity contribution in [2.75, 3.05) is 24.5 Å². The van der Waals surface area contributed by atoms with E-state index in [4.69, 9.17) is 0 Å². The van der Waals surface area contributed by atoms with Crippen LogP contribution in [-0.4, -0.2) is 51.1 Å². The smallest absolute Gasteiger partial charge is 0.226 e. The molecule has 0 spiro atoms. The van der Waals surface area contributed by atoms with Crippen LogP contribution in [-0.2, 0) is 11.2 Å². The molecule has 2 saturated heterocycles. The largest absolute Gasteiger partial charge is 0.353 e. The minimum atomic E-state index is 0.163. The summed E-state index contributed by atoms with van der Waals surface area (Å²) in [5.74, 6) is 1.55. The number of piperazine rings is 1. The van der Waals surface area contributed by atoms with E-state index in [0.29, 0.717) is 11.9 Å². The molecule has 0 aliphatic carbocycles. The van der Waals surface area contributed by atoms with Crippen molar-refractivity contribution >= 4 is 17.2 Å². The molecule has 1 amide bonds. The number of carbonyl (C=O) groups excluding carboxylic acids is 1. The van der Waals surface area contributed by atoms with Crippen molar-refractivity contribution in [3.05, 3.63) is 60.0 Å². The summed E-state index contributed by atoms with van der Waals surface area (Å²) in [6.07, 6.45) is 9.69. The van der Waals surface area contributed by atoms with Crippen molar-refractivity contribution in [2.45, 2.75) is 38.6 Å². The van der Waals surface area contributed by atoms with Gasteiger partial charge in [-0.15, -0.1) is 0 Å². The predicted molar refractivity (Wildman–Crippen MR) is 113 cm³/mol. The lowest BCUT2D eigenvalue weighted by Gasteiger charge is -2.38. The summed E-state index contributed by atoms with van der Waals surface area (Å²) >= 11 is 0. The van der Waals surface area contributed by atoms with Crippen LogP contribution >= 0.6 is 0 Å². The summed E-state index contributed by atoms with van der Waals surface area (Å²) in [4.78, 5) is 21.9. The molecule has 2 fully saturated rings. The first-order valence-electron chi connectivity index (χ1n) is 10.6. The van der Waals surface area contributed by atoms with Crippen LogP contribution in [0.3, 0.4) is 0 Å². The van der Waals surface area contributed by atoms with Crippen molar-refractivity contribution in [1.82, 2.24) is 19.5 Å². The van der Waals surface area contributed by atoms with Gasteiger partial charge in [-0.25, -0.2) is 9.50 Å². The van der Waals surface area contributed by atoms with Gasteiger partial charge in [-0.05, 0) is 61.9 Å². The molecule has 150 valence electrons. The number of amides is 1. The molecule has 6 heteroatoms. The first-order valence-corrected chi connectivity index (χ1v) is 10.6. The van der Waals surface area contributed by atoms with Gasteiger partial charge in [0.1, 0.15) is 5.82 Å². The molecule has 0 bridgehead atoms. The molecule has 0 radical (unpaired) electrons. The second-order valence-electron chi connectivity index (χ2n) is 8.34. The van der Waals surface area contributed by atoms with Gasteiger partial charge in [-0.2, -0.15) is 5.10 Å². The molecule has 0 unspecified atom stereocenters. The van der Waals surface area contributed by atoms with E-state index in [2.05, 4.69) is 51.1 Å². The first-order chi connectivity index (χ1) is 14.2. The number of nitrogens with zero attached hydrogens (tertiary/aromatic N) is 5. The second kappa shape index (κ2) is 7.50. The molecular weight excluding hydrogens is 362 g/mol. The van der Waals surface area contributed by atoms with Crippen molar-refractivity contribution < 1.29 is 4.79 Å². The van der Waals surface area contributed by atoms with E-state index in [1.165, 1.54) is 16.6 Å². The van der Waals surface area contributed by atoms with Crippen molar-refractivity contribution in [3.63, 3.8) is 0 Å². The number of pyridine rings is 2. The van der Waals surface area contributed by atoms with E-state index in [9.17, 15) is 4.79 Å². The molecule has 5 rings (SSSR count). The van der Waals surface area contributed by atoms with Crippen LogP contribution in [0.5, 0.6) is 0 Å². The van der Waals surface area contributed by atoms with Gasteiger partial charge in [-0.3, -0.25) is 4.79 Å². The van der Waals surface area contributed by atoms with Gasteiger partial charge in [0.15, 0.2) is 0 Å². The minimum absolute atomic E-state index is 0.163. The predicted octanol–water partition coefficient (Wildman–Crippen LogP) is 3.10. The fourth-order valence-electron chi connectivity index (χ4n) is 4.87. The average Bonchev–Trinajstić information content (AvgIpc) is 3.34. The lowest BCUT2D eigenvalue weighted by atomic mass is 9.96. The summed E-state index contributed by atoms with van der Waals surface area (Å²) < 4.78 is 1.92. The summed E-state index contributed by atoms with van der Waals surface area (Å²) in [6.45, 7) is 4.63. The monoisotopic (exact) mass is 389 g/mol. The molecule has 29 heavy (non-hydrogen) atoms. The quantitative estimate of drug-likeness (QED) is 0.673. The van der Waals surface area contributed by atoms with Crippen molar-refractivity contribution in [2.24, 2.45) is 5.92 Å². The van der Waals surface area contributed by atoms with Gasteiger partial charge >= 0.3 is 0 Å². The van der Waals surface area contributed by atoms with Gasteiger partial charge in [0.05, 0.1) is 11.6 Å². The number of anilines is 1. The SMILES string of the molecule is Cc1ccc(N2CCN3C(=O)[C@@H](CCCc4cccn5nccc45)C[C@H]3C2)nc1. The Hall–Kier alpha value is -2.89. The maximum atomic E-state index is 12.9. The van der Waals surface area contributed by atoms with E-state index >= 15 is 0 Å². The van der Waals surface area contributed by atoms with Crippen molar-refractivity contribution in [3.8, 4) is 0 Å². The van der Waals surface area contributed by atoms with Crippen LogP contribution in [0.4, 0.5) is 5.82 Å². The Kier molecular flexibility index (Phi) is 4.70. The molecular formula is C23H27N5O. The molecule has 6 nitrogen and oxygen atoms in total. The molecule has 0 aromatic carbocycles. The number of fused-ring (bicyclic) bond motifs is 2. The van der Waals surface area contributed by atoms with Crippen LogP contribution in [0.1, 0.15) is 30.4 Å². The topological polar surface area (TPSA) is 53.7 Å². The lowest BCUT2D eigenvalue weighted by Crippen LogP contribution is -2.51. The zero-order chi connectivity index (χ0) is 19.8. The summed E-state index contributed by atoms with van der Waals surface area (Å²) in [5.41, 5.74) is 3.66. The van der Waals surface area contributed by atoms with E-state index < -0.39 is 0 Å². The number of carbonyl (C=O) groups is 1. The Morgan fingerprint density at radius 2 is 2.10 bits per heavy atom. The summed E-state index contributed by atoms with van der Waals surface area (Å²) in [6, 6.07) is 10.8. The maximum absolute atomic E-state index is 12.9. The van der Waals surface area contributed by atoms with Gasteiger partial charge < -0.3 is 9.80 Å². The van der Waals surface area contributed by atoms with Gasteiger partial charge in [0.2, 0.25) is 5.91 Å². The van der Waals surface area contributed by atoms with Crippen molar-refractivity contribution in [1.29, 1.82) is 0 Å². The number of hydrogen-bond donors (Lipinski definition) is 0. The van der Waals surface area contributed by atoms with Gasteiger partial charge in [0, 0.05) is 44.1 Å². The zero-order valence-electron chi connectivity index (χ0n) is 16.9. The Balaban J connectivity index is 1.19. The van der Waals surface area contributed by atoms with Gasteiger partial charge in [0.25, 0.3) is 0 Å². The minimum Gasteiger partial charge on any atom is -0.353 e. The Morgan fingerprint density at radius 3 is 2.97 bits per heavy atom. The Morgan fingerprint density at radius 1 is 1.17 bits per heavy atom. The lowest BCUT2D eigenvalue weighted by molar-refractivity contribution is -0.132. The van der Waals surface area contributed by atoms with E-state index in [-0.39, 0.29) is 5.92 Å². The molecule has 2 aliphatic heterocycles. The molecule has 0 N–H and O–H groups in total. The van der Waals surface area contributed by atoms with Crippen LogP contribution in [0, 0.1) is 12.8 Å². The van der Waals surface area contributed by atoms with E-state index in [1.807, 2.05) is 29.2 Å². The molecule has 0 saturated carbocycles. The first kappa shape index (κ1) is 18.2. The molecule has 3 aromatic heterocycles. The second-order valence-corrected chi connectivity index (χ2v) is 8.34. The highest BCUT2D eigenvalue weighted by Crippen LogP contribution is 2.32. The fraction of sp³-hybridized carbons (Fsp3) is 0.435. The third kappa shape index (κ3) is 3.48. The highest BCUT2D eigenvalue weighted by molar-refractivity contribution is 5.82. The Labute approximate surface area is 171 Å². The third-order valence-electron chi connectivity index (χ3n) is 6.41. The summed E-state index contributed by atoms with van der Waals surface area (Å²) in [7, 11) is 0. The number of rotatable bonds is 5. The third-order valence-corrected chi connectivity index (χ3v) is 6.41. The van der Waals surface area contributed by atoms with Crippen LogP contribution in [0.25, 0.3) is 5.52 Å². The molecule has 5 heterocycles. The standard InChI is InChI=1S/C23H27N5O/c1-17-7-8-22(24-15-17)26-12-13-27-20(16-26)14-19(23(27)29)5-2-4-18-6-3-11-28-21(18)9-10-25-28/h3,6-11,15,19-20H,2,4-5,12-14,16H2,1H3/t19-,20-/m0/s1. The van der Waals surface area contributed by atoms with E-state index in [1.54, 1.807) is 0 Å². The average molecular weight is 390 g/mol. The number of hydrogen-bond acceptors (Lipinski definition) is 4. The number of aromatic nitrogens is 3. The van der Waals surface area contributed by atoms with Crippen LogP contribution < -0.4 is 4.90 Å². The van der Waals surface area contributed by atoms with Crippen LogP contribution in [0.2, 0.25) is 0 Å². The zero-order valence-corrected chi connectivity index (χ0v) is 16.9.